The lowest BCUT2D eigenvalue weighted by Crippen LogP contribution is -2.29. The maximum atomic E-state index is 12.6. The van der Waals surface area contributed by atoms with E-state index in [1.807, 2.05) is 54.7 Å². The maximum absolute atomic E-state index is 12.6. The van der Waals surface area contributed by atoms with Gasteiger partial charge in [0.25, 0.3) is 0 Å². The van der Waals surface area contributed by atoms with Crippen molar-refractivity contribution < 1.29 is 66.7 Å². The molecule has 0 bridgehead atoms. The number of phosphoric acid groups is 2. The van der Waals surface area contributed by atoms with E-state index in [0.717, 1.165) is 70.6 Å². The minimum Gasteiger partial charge on any atom is -0.462 e. The third kappa shape index (κ3) is 43.4. The third-order valence-electron chi connectivity index (χ3n) is 8.24. The molecule has 0 rings (SSSR count). The average molecular weight is 913 g/mol. The van der Waals surface area contributed by atoms with Gasteiger partial charge in [0.2, 0.25) is 0 Å². The van der Waals surface area contributed by atoms with Crippen LogP contribution in [0, 0.1) is 0 Å². The van der Waals surface area contributed by atoms with Gasteiger partial charge in [-0.3, -0.25) is 23.2 Å². The van der Waals surface area contributed by atoms with Gasteiger partial charge in [0, 0.05) is 12.8 Å². The Kier molecular flexibility index (Phi) is 38.4. The second kappa shape index (κ2) is 40.5. The van der Waals surface area contributed by atoms with Gasteiger partial charge in [-0.2, -0.15) is 0 Å². The zero-order valence-electron chi connectivity index (χ0n) is 36.8. The second-order valence-electron chi connectivity index (χ2n) is 14.1. The molecule has 14 nitrogen and oxygen atoms in total. The Balaban J connectivity index is 4.73. The molecule has 2 unspecified atom stereocenters. The number of ether oxygens (including phenoxy) is 2. The molecular formula is C46H74O14P2. The van der Waals surface area contributed by atoms with E-state index in [4.69, 9.17) is 23.8 Å². The molecule has 0 spiro atoms. The summed E-state index contributed by atoms with van der Waals surface area (Å²) in [4.78, 5) is 52.7. The Hall–Kier alpha value is -3.26. The molecule has 0 aliphatic heterocycles. The highest BCUT2D eigenvalue weighted by Gasteiger charge is 2.28. The van der Waals surface area contributed by atoms with Gasteiger partial charge in [-0.1, -0.05) is 142 Å². The van der Waals surface area contributed by atoms with Gasteiger partial charge in [-0.25, -0.2) is 9.13 Å². The number of aliphatic hydroxyl groups excluding tert-OH is 2. The van der Waals surface area contributed by atoms with Crippen LogP contribution in [0.3, 0.4) is 0 Å². The predicted octanol–water partition coefficient (Wildman–Crippen LogP) is 10.1. The van der Waals surface area contributed by atoms with Crippen LogP contribution < -0.4 is 0 Å². The summed E-state index contributed by atoms with van der Waals surface area (Å²) in [7, 11) is -9.73. The molecule has 0 aliphatic carbocycles. The normalized spacial score (nSPS) is 15.5. The van der Waals surface area contributed by atoms with Crippen LogP contribution in [0.2, 0.25) is 0 Å². The Morgan fingerprint density at radius 3 is 1.68 bits per heavy atom. The second-order valence-corrected chi connectivity index (χ2v) is 16.7. The number of phosphoric ester groups is 2. The lowest BCUT2D eigenvalue weighted by molar-refractivity contribution is -0.161. The largest absolute Gasteiger partial charge is 0.472 e. The van der Waals surface area contributed by atoms with Gasteiger partial charge in [0.15, 0.2) is 6.10 Å². The van der Waals surface area contributed by atoms with Gasteiger partial charge in [-0.05, 0) is 77.0 Å². The van der Waals surface area contributed by atoms with Crippen LogP contribution in [0.25, 0.3) is 0 Å². The minimum atomic E-state index is -4.88. The molecule has 352 valence electrons. The number of aliphatic hydroxyl groups is 2. The Morgan fingerprint density at radius 2 is 1.05 bits per heavy atom. The lowest BCUT2D eigenvalue weighted by atomic mass is 10.1. The number of hydrogen-bond acceptors (Lipinski definition) is 11. The van der Waals surface area contributed by atoms with Crippen molar-refractivity contribution in [3.63, 3.8) is 0 Å². The van der Waals surface area contributed by atoms with Crippen LogP contribution in [0.4, 0.5) is 0 Å². The standard InChI is InChI=1S/C46H74O14P2/c1-3-5-7-8-9-10-11-12-13-16-19-22-25-28-32-36-45(49)56-40-44(41-59-62(54,55)58-39-43(48)38-57-61(51,52)53)60-46(50)37-33-29-26-23-20-17-14-15-18-21-24-27-31-35-42(47)34-30-6-4-2/h5-7,9-10,12-13,15,17-18,20,24,26-27,29-31,35,42-44,47-48H,3-4,8,11,14,16,19,21-23,25,28,32-34,36-41H2,1-2H3,(H,54,55)(H2,51,52,53)/b7-5-,10-9-,13-12-,18-15-,20-17-,27-24+,29-26-,30-6-,35-31+/t42?,43-,44+/m0/s1. The highest BCUT2D eigenvalue weighted by Crippen LogP contribution is 2.43. The molecule has 5 N–H and O–H groups in total. The molecule has 0 fully saturated rings. The fraction of sp³-hybridized carbons (Fsp3) is 0.565. The molecule has 0 saturated heterocycles. The van der Waals surface area contributed by atoms with Gasteiger partial charge in [-0.15, -0.1) is 0 Å². The van der Waals surface area contributed by atoms with Crippen LogP contribution in [0.15, 0.2) is 109 Å². The Bertz CT molecular complexity index is 1520. The van der Waals surface area contributed by atoms with Crippen molar-refractivity contribution in [3.05, 3.63) is 109 Å². The summed E-state index contributed by atoms with van der Waals surface area (Å²) in [5.74, 6) is -1.18. The molecule has 0 amide bonds. The van der Waals surface area contributed by atoms with Crippen LogP contribution in [0.1, 0.15) is 123 Å². The minimum absolute atomic E-state index is 0.0200. The van der Waals surface area contributed by atoms with E-state index in [-0.39, 0.29) is 12.8 Å². The van der Waals surface area contributed by atoms with Crippen LogP contribution in [-0.4, -0.2) is 81.6 Å². The van der Waals surface area contributed by atoms with Crippen molar-refractivity contribution in [2.45, 2.75) is 141 Å². The first-order valence-electron chi connectivity index (χ1n) is 21.7. The SMILES string of the molecule is CC/C=C\C/C=C\C/C=C\CCCCCCCC(=O)OC[C@H](COP(=O)(O)OC[C@@H](O)COP(=O)(O)O)OC(=O)CC/C=C\C/C=C\C/C=C\C/C=C/C=C/C(O)C/C=C\CC. The Labute approximate surface area is 370 Å². The number of unbranched alkanes of at least 4 members (excludes halogenated alkanes) is 5. The first-order chi connectivity index (χ1) is 29.8. The van der Waals surface area contributed by atoms with E-state index >= 15 is 0 Å². The monoisotopic (exact) mass is 912 g/mol. The molecule has 0 heterocycles. The van der Waals surface area contributed by atoms with Crippen LogP contribution in [0.5, 0.6) is 0 Å². The van der Waals surface area contributed by atoms with Crippen LogP contribution in [-0.2, 0) is 41.8 Å². The fourth-order valence-corrected chi connectivity index (χ4v) is 6.16. The summed E-state index contributed by atoms with van der Waals surface area (Å²) in [6.45, 7) is 1.30. The molecule has 0 aliphatic rings. The van der Waals surface area contributed by atoms with E-state index in [0.29, 0.717) is 25.7 Å². The van der Waals surface area contributed by atoms with E-state index in [9.17, 15) is 33.8 Å². The van der Waals surface area contributed by atoms with Crippen molar-refractivity contribution in [2.75, 3.05) is 26.4 Å². The number of rotatable bonds is 39. The summed E-state index contributed by atoms with van der Waals surface area (Å²) in [6.07, 6.45) is 45.7. The number of hydrogen-bond donors (Lipinski definition) is 5. The van der Waals surface area contributed by atoms with Crippen molar-refractivity contribution in [2.24, 2.45) is 0 Å². The van der Waals surface area contributed by atoms with Gasteiger partial charge < -0.3 is 34.4 Å². The van der Waals surface area contributed by atoms with E-state index in [1.165, 1.54) is 0 Å². The van der Waals surface area contributed by atoms with Crippen molar-refractivity contribution in [3.8, 4) is 0 Å². The highest BCUT2D eigenvalue weighted by atomic mass is 31.2. The fourth-order valence-electron chi connectivity index (χ4n) is 5.00. The molecule has 0 radical (unpaired) electrons. The molecule has 0 aromatic rings. The molecule has 0 aromatic heterocycles. The average Bonchev–Trinajstić information content (AvgIpc) is 3.23. The third-order valence-corrected chi connectivity index (χ3v) is 9.68. The van der Waals surface area contributed by atoms with Crippen molar-refractivity contribution in [1.82, 2.24) is 0 Å². The van der Waals surface area contributed by atoms with Crippen molar-refractivity contribution >= 4 is 27.6 Å². The molecular weight excluding hydrogens is 838 g/mol. The zero-order valence-corrected chi connectivity index (χ0v) is 38.6. The van der Waals surface area contributed by atoms with Crippen LogP contribution >= 0.6 is 15.6 Å². The first-order valence-corrected chi connectivity index (χ1v) is 24.7. The number of carbonyl (C=O) groups excluding carboxylic acids is 2. The smallest absolute Gasteiger partial charge is 0.462 e. The number of allylic oxidation sites excluding steroid dienone is 16. The lowest BCUT2D eigenvalue weighted by Gasteiger charge is -2.20. The molecule has 4 atom stereocenters. The predicted molar refractivity (Wildman–Crippen MR) is 245 cm³/mol. The van der Waals surface area contributed by atoms with E-state index in [1.54, 1.807) is 6.08 Å². The summed E-state index contributed by atoms with van der Waals surface area (Å²) >= 11 is 0. The van der Waals surface area contributed by atoms with Crippen molar-refractivity contribution in [1.29, 1.82) is 0 Å². The van der Waals surface area contributed by atoms with E-state index < -0.39 is 72.3 Å². The molecule has 0 saturated carbocycles. The topological polar surface area (TPSA) is 216 Å². The summed E-state index contributed by atoms with van der Waals surface area (Å²) in [6, 6.07) is 0. The highest BCUT2D eigenvalue weighted by molar-refractivity contribution is 7.47. The summed E-state index contributed by atoms with van der Waals surface area (Å²) < 4.78 is 47.6. The number of esters is 2. The summed E-state index contributed by atoms with van der Waals surface area (Å²) in [5.41, 5.74) is 0. The van der Waals surface area contributed by atoms with Gasteiger partial charge >= 0.3 is 27.6 Å². The summed E-state index contributed by atoms with van der Waals surface area (Å²) in [5, 5.41) is 19.6. The van der Waals surface area contributed by atoms with Gasteiger partial charge in [0.1, 0.15) is 12.7 Å². The van der Waals surface area contributed by atoms with Gasteiger partial charge in [0.05, 0.1) is 25.9 Å². The maximum Gasteiger partial charge on any atom is 0.472 e. The first kappa shape index (κ1) is 58.7. The molecule has 16 heteroatoms. The quantitative estimate of drug-likeness (QED) is 0.0128. The molecule has 0 aromatic carbocycles. The molecule has 62 heavy (non-hydrogen) atoms. The van der Waals surface area contributed by atoms with E-state index in [2.05, 4.69) is 71.5 Å². The number of carbonyl (C=O) groups is 2. The zero-order chi connectivity index (χ0) is 46.0. The Morgan fingerprint density at radius 1 is 0.532 bits per heavy atom.